The van der Waals surface area contributed by atoms with Gasteiger partial charge in [0, 0.05) is 5.56 Å². The van der Waals surface area contributed by atoms with Crippen LogP contribution < -0.4 is 10.3 Å². The van der Waals surface area contributed by atoms with Crippen LogP contribution in [0.25, 0.3) is 0 Å². The van der Waals surface area contributed by atoms with Crippen molar-refractivity contribution in [3.63, 3.8) is 0 Å². The molecule has 0 bridgehead atoms. The van der Waals surface area contributed by atoms with Gasteiger partial charge in [-0.25, -0.2) is 4.79 Å². The highest BCUT2D eigenvalue weighted by Crippen LogP contribution is 2.16. The van der Waals surface area contributed by atoms with Crippen molar-refractivity contribution in [3.05, 3.63) is 65.2 Å². The first kappa shape index (κ1) is 13.6. The van der Waals surface area contributed by atoms with Crippen molar-refractivity contribution in [2.24, 2.45) is 0 Å². The molecule has 0 saturated heterocycles. The van der Waals surface area contributed by atoms with Gasteiger partial charge in [-0.2, -0.15) is 5.48 Å². The van der Waals surface area contributed by atoms with Crippen molar-refractivity contribution in [1.29, 1.82) is 0 Å². The van der Waals surface area contributed by atoms with Crippen LogP contribution in [-0.2, 0) is 0 Å². The fourth-order valence-corrected chi connectivity index (χ4v) is 1.60. The molecule has 0 aliphatic rings. The molecular formula is C15H13NO4. The number of carbonyl (C=O) groups excluding carboxylic acids is 1. The second-order valence-corrected chi connectivity index (χ2v) is 4.20. The number of benzene rings is 2. The molecule has 2 N–H and O–H groups in total. The van der Waals surface area contributed by atoms with E-state index in [2.05, 4.69) is 5.48 Å². The van der Waals surface area contributed by atoms with Gasteiger partial charge >= 0.3 is 5.97 Å². The van der Waals surface area contributed by atoms with Crippen molar-refractivity contribution in [3.8, 4) is 5.75 Å². The lowest BCUT2D eigenvalue weighted by atomic mass is 10.1. The van der Waals surface area contributed by atoms with Gasteiger partial charge in [-0.3, -0.25) is 4.79 Å². The maximum atomic E-state index is 11.8. The summed E-state index contributed by atoms with van der Waals surface area (Å²) in [4.78, 5) is 27.9. The highest BCUT2D eigenvalue weighted by molar-refractivity contribution is 5.94. The van der Waals surface area contributed by atoms with E-state index in [0.717, 1.165) is 5.56 Å². The van der Waals surface area contributed by atoms with E-state index in [0.29, 0.717) is 5.56 Å². The van der Waals surface area contributed by atoms with Crippen LogP contribution in [0.2, 0.25) is 0 Å². The molecule has 0 atom stereocenters. The van der Waals surface area contributed by atoms with Crippen molar-refractivity contribution in [1.82, 2.24) is 5.48 Å². The van der Waals surface area contributed by atoms with Gasteiger partial charge in [0.25, 0.3) is 5.91 Å². The van der Waals surface area contributed by atoms with Gasteiger partial charge in [-0.05, 0) is 31.2 Å². The molecule has 2 rings (SSSR count). The highest BCUT2D eigenvalue weighted by atomic mass is 16.7. The number of aromatic carboxylic acids is 1. The minimum Gasteiger partial charge on any atom is -0.478 e. The number of aryl methyl sites for hydroxylation is 1. The summed E-state index contributed by atoms with van der Waals surface area (Å²) in [5, 5.41) is 8.99. The van der Waals surface area contributed by atoms with Crippen LogP contribution in [0.4, 0.5) is 0 Å². The third kappa shape index (κ3) is 3.14. The average molecular weight is 271 g/mol. The van der Waals surface area contributed by atoms with Crippen LogP contribution in [-0.4, -0.2) is 17.0 Å². The van der Waals surface area contributed by atoms with Crippen molar-refractivity contribution in [2.45, 2.75) is 6.92 Å². The summed E-state index contributed by atoms with van der Waals surface area (Å²) >= 11 is 0. The summed E-state index contributed by atoms with van der Waals surface area (Å²) in [5.41, 5.74) is 3.68. The second-order valence-electron chi connectivity index (χ2n) is 4.20. The molecular weight excluding hydrogens is 258 g/mol. The molecule has 5 heteroatoms. The van der Waals surface area contributed by atoms with E-state index in [1.807, 2.05) is 6.92 Å². The summed E-state index contributed by atoms with van der Waals surface area (Å²) in [7, 11) is 0. The van der Waals surface area contributed by atoms with Crippen LogP contribution in [0.5, 0.6) is 5.75 Å². The van der Waals surface area contributed by atoms with E-state index < -0.39 is 11.9 Å². The first-order chi connectivity index (χ1) is 9.58. The van der Waals surface area contributed by atoms with E-state index in [9.17, 15) is 9.59 Å². The van der Waals surface area contributed by atoms with Gasteiger partial charge < -0.3 is 9.94 Å². The number of hydrogen-bond acceptors (Lipinski definition) is 3. The minimum atomic E-state index is -1.12. The molecule has 0 aliphatic carbocycles. The fourth-order valence-electron chi connectivity index (χ4n) is 1.60. The molecule has 0 aliphatic heterocycles. The molecule has 0 unspecified atom stereocenters. The lowest BCUT2D eigenvalue weighted by Crippen LogP contribution is -2.27. The van der Waals surface area contributed by atoms with E-state index in [-0.39, 0.29) is 11.3 Å². The topological polar surface area (TPSA) is 75.6 Å². The summed E-state index contributed by atoms with van der Waals surface area (Å²) < 4.78 is 0. The maximum absolute atomic E-state index is 11.8. The van der Waals surface area contributed by atoms with E-state index in [4.69, 9.17) is 9.94 Å². The summed E-state index contributed by atoms with van der Waals surface area (Å²) in [6.07, 6.45) is 0. The largest absolute Gasteiger partial charge is 0.478 e. The Hall–Kier alpha value is -2.82. The number of carbonyl (C=O) groups is 2. The monoisotopic (exact) mass is 271 g/mol. The van der Waals surface area contributed by atoms with E-state index in [1.54, 1.807) is 36.4 Å². The first-order valence-electron chi connectivity index (χ1n) is 5.94. The fraction of sp³-hybridized carbons (Fsp3) is 0.0667. The molecule has 0 aromatic heterocycles. The van der Waals surface area contributed by atoms with Crippen molar-refractivity contribution in [2.75, 3.05) is 0 Å². The van der Waals surface area contributed by atoms with Crippen molar-refractivity contribution >= 4 is 11.9 Å². The van der Waals surface area contributed by atoms with E-state index >= 15 is 0 Å². The zero-order valence-corrected chi connectivity index (χ0v) is 10.8. The number of para-hydroxylation sites is 1. The summed E-state index contributed by atoms with van der Waals surface area (Å²) in [5.74, 6) is -1.48. The molecule has 20 heavy (non-hydrogen) atoms. The molecule has 2 aromatic carbocycles. The minimum absolute atomic E-state index is 0.0169. The Morgan fingerprint density at radius 1 is 1.05 bits per heavy atom. The Bertz CT molecular complexity index is 635. The second kappa shape index (κ2) is 5.88. The Morgan fingerprint density at radius 2 is 1.70 bits per heavy atom. The number of hydroxylamine groups is 1. The molecule has 5 nitrogen and oxygen atoms in total. The van der Waals surface area contributed by atoms with Gasteiger partial charge in [0.05, 0.1) is 0 Å². The maximum Gasteiger partial charge on any atom is 0.339 e. The molecule has 102 valence electrons. The normalized spacial score (nSPS) is 9.85. The third-order valence-corrected chi connectivity index (χ3v) is 2.68. The zero-order valence-electron chi connectivity index (χ0n) is 10.8. The van der Waals surface area contributed by atoms with Gasteiger partial charge in [-0.1, -0.05) is 29.8 Å². The summed E-state index contributed by atoms with van der Waals surface area (Å²) in [6, 6.07) is 13.0. The van der Waals surface area contributed by atoms with Gasteiger partial charge in [0.1, 0.15) is 5.56 Å². The molecule has 0 saturated carbocycles. The zero-order chi connectivity index (χ0) is 14.5. The molecule has 0 heterocycles. The number of nitrogens with one attached hydrogen (secondary N) is 1. The SMILES string of the molecule is Cc1ccc(C(=O)NOc2ccccc2C(=O)O)cc1. The Balaban J connectivity index is 2.07. The van der Waals surface area contributed by atoms with Gasteiger partial charge in [0.2, 0.25) is 0 Å². The third-order valence-electron chi connectivity index (χ3n) is 2.68. The average Bonchev–Trinajstić information content (AvgIpc) is 2.45. The highest BCUT2D eigenvalue weighted by Gasteiger charge is 2.12. The lowest BCUT2D eigenvalue weighted by Gasteiger charge is -2.09. The standard InChI is InChI=1S/C15H13NO4/c1-10-6-8-11(9-7-10)14(17)16-20-13-5-3-2-4-12(13)15(18)19/h2-9H,1H3,(H,16,17)(H,18,19). The van der Waals surface area contributed by atoms with Crippen LogP contribution >= 0.6 is 0 Å². The van der Waals surface area contributed by atoms with Crippen LogP contribution in [0.1, 0.15) is 26.3 Å². The molecule has 0 spiro atoms. The lowest BCUT2D eigenvalue weighted by molar-refractivity contribution is 0.0666. The predicted octanol–water partition coefficient (Wildman–Crippen LogP) is 2.42. The number of carboxylic acids is 1. The Kier molecular flexibility index (Phi) is 4.00. The molecule has 1 amide bonds. The number of carboxylic acid groups (broad SMARTS) is 1. The number of hydrogen-bond donors (Lipinski definition) is 2. The van der Waals surface area contributed by atoms with Crippen LogP contribution in [0.3, 0.4) is 0 Å². The number of rotatable bonds is 4. The number of amides is 1. The van der Waals surface area contributed by atoms with Gasteiger partial charge in [-0.15, -0.1) is 0 Å². The quantitative estimate of drug-likeness (QED) is 0.837. The summed E-state index contributed by atoms with van der Waals surface area (Å²) in [6.45, 7) is 1.92. The molecule has 0 fully saturated rings. The first-order valence-corrected chi connectivity index (χ1v) is 5.94. The smallest absolute Gasteiger partial charge is 0.339 e. The predicted molar refractivity (Wildman–Crippen MR) is 72.7 cm³/mol. The van der Waals surface area contributed by atoms with Crippen molar-refractivity contribution < 1.29 is 19.5 Å². The van der Waals surface area contributed by atoms with E-state index in [1.165, 1.54) is 12.1 Å². The van der Waals surface area contributed by atoms with Crippen LogP contribution in [0.15, 0.2) is 48.5 Å². The van der Waals surface area contributed by atoms with Crippen LogP contribution in [0, 0.1) is 6.92 Å². The van der Waals surface area contributed by atoms with Gasteiger partial charge in [0.15, 0.2) is 5.75 Å². The molecule has 2 aromatic rings. The molecule has 0 radical (unpaired) electrons. The Morgan fingerprint density at radius 3 is 2.35 bits per heavy atom. The Labute approximate surface area is 115 Å².